The van der Waals surface area contributed by atoms with Crippen LogP contribution in [0.3, 0.4) is 0 Å². The fourth-order valence-corrected chi connectivity index (χ4v) is 4.36. The highest BCUT2D eigenvalue weighted by Gasteiger charge is 2.50. The summed E-state index contributed by atoms with van der Waals surface area (Å²) in [6, 6.07) is 0. The molecule has 0 amide bonds. The molecule has 0 saturated carbocycles. The highest BCUT2D eigenvalue weighted by atomic mass is 28.4. The van der Waals surface area contributed by atoms with Gasteiger partial charge in [0.15, 0.2) is 22.9 Å². The van der Waals surface area contributed by atoms with Gasteiger partial charge in [-0.25, -0.2) is 0 Å². The number of rotatable bonds is 5. The molecule has 0 spiro atoms. The van der Waals surface area contributed by atoms with Gasteiger partial charge in [-0.05, 0) is 36.3 Å². The van der Waals surface area contributed by atoms with Crippen LogP contribution in [-0.4, -0.2) is 58.1 Å². The summed E-state index contributed by atoms with van der Waals surface area (Å²) < 4.78 is 18.1. The molecule has 144 valence electrons. The topological polar surface area (TPSA) is 68.2 Å². The quantitative estimate of drug-likeness (QED) is 0.717. The Kier molecular flexibility index (Phi) is 6.59. The van der Waals surface area contributed by atoms with Crippen molar-refractivity contribution in [3.05, 3.63) is 0 Å². The van der Waals surface area contributed by atoms with E-state index in [2.05, 4.69) is 67.7 Å². The predicted octanol–water partition coefficient (Wildman–Crippen LogP) is 3.48. The van der Waals surface area contributed by atoms with Crippen molar-refractivity contribution in [2.45, 2.75) is 102 Å². The van der Waals surface area contributed by atoms with Gasteiger partial charge in [0.1, 0.15) is 18.3 Å². The molecule has 0 aromatic heterocycles. The SMILES string of the molecule is CC(C)(C)[Si](C)(C)OC[C@H]1O[C@@H](O)[C@H](O)[C@@H]1O[Si](C)(C)C(C)(C)C. The average molecular weight is 379 g/mol. The van der Waals surface area contributed by atoms with E-state index >= 15 is 0 Å². The third-order valence-electron chi connectivity index (χ3n) is 5.96. The maximum absolute atomic E-state index is 10.3. The average Bonchev–Trinajstić information content (AvgIpc) is 2.61. The Morgan fingerprint density at radius 1 is 0.875 bits per heavy atom. The standard InChI is InChI=1S/C17H38O5Si2/c1-16(2,3)23(7,8)20-11-12-14(13(18)15(19)21-12)22-24(9,10)17(4,5)6/h12-15,18-19H,11H2,1-10H3/t12-,13-,14-,15-/m1/s1. The second-order valence-corrected chi connectivity index (χ2v) is 19.5. The first kappa shape index (κ1) is 22.3. The van der Waals surface area contributed by atoms with Gasteiger partial charge >= 0.3 is 0 Å². The molecule has 1 fully saturated rings. The summed E-state index contributed by atoms with van der Waals surface area (Å²) in [4.78, 5) is 0. The minimum atomic E-state index is -2.09. The molecule has 0 aliphatic carbocycles. The molecule has 7 heteroatoms. The van der Waals surface area contributed by atoms with Crippen LogP contribution in [-0.2, 0) is 13.6 Å². The van der Waals surface area contributed by atoms with Crippen LogP contribution in [0.25, 0.3) is 0 Å². The summed E-state index contributed by atoms with van der Waals surface area (Å²) >= 11 is 0. The lowest BCUT2D eigenvalue weighted by Gasteiger charge is -2.41. The second-order valence-electron chi connectivity index (χ2n) is 9.97. The molecule has 0 aromatic carbocycles. The minimum absolute atomic E-state index is 0.0189. The molecule has 5 nitrogen and oxygen atoms in total. The van der Waals surface area contributed by atoms with E-state index in [0.717, 1.165) is 0 Å². The molecule has 1 rings (SSSR count). The van der Waals surface area contributed by atoms with Crippen molar-refractivity contribution in [1.82, 2.24) is 0 Å². The third-order valence-corrected chi connectivity index (χ3v) is 14.9. The van der Waals surface area contributed by atoms with E-state index < -0.39 is 41.2 Å². The molecule has 1 saturated heterocycles. The lowest BCUT2D eigenvalue weighted by Crippen LogP contribution is -2.51. The van der Waals surface area contributed by atoms with Crippen molar-refractivity contribution in [3.63, 3.8) is 0 Å². The fraction of sp³-hybridized carbons (Fsp3) is 1.00. The largest absolute Gasteiger partial charge is 0.414 e. The highest BCUT2D eigenvalue weighted by Crippen LogP contribution is 2.40. The lowest BCUT2D eigenvalue weighted by molar-refractivity contribution is -0.132. The van der Waals surface area contributed by atoms with Crippen LogP contribution in [0.2, 0.25) is 36.3 Å². The van der Waals surface area contributed by atoms with Gasteiger partial charge in [0.05, 0.1) is 6.61 Å². The van der Waals surface area contributed by atoms with Crippen molar-refractivity contribution < 1.29 is 23.8 Å². The Morgan fingerprint density at radius 3 is 1.75 bits per heavy atom. The first-order valence-corrected chi connectivity index (χ1v) is 14.6. The fourth-order valence-electron chi connectivity index (χ4n) is 2.02. The monoisotopic (exact) mass is 378 g/mol. The molecular formula is C17H38O5Si2. The van der Waals surface area contributed by atoms with E-state index in [4.69, 9.17) is 13.6 Å². The zero-order valence-corrected chi connectivity index (χ0v) is 19.1. The molecule has 1 heterocycles. The van der Waals surface area contributed by atoms with Gasteiger partial charge in [-0.2, -0.15) is 0 Å². The molecule has 0 radical (unpaired) electrons. The van der Waals surface area contributed by atoms with Crippen LogP contribution in [0.15, 0.2) is 0 Å². The molecule has 1 aliphatic rings. The second kappa shape index (κ2) is 7.10. The minimum Gasteiger partial charge on any atom is -0.414 e. The maximum atomic E-state index is 10.3. The van der Waals surface area contributed by atoms with E-state index in [-0.39, 0.29) is 10.1 Å². The molecule has 0 bridgehead atoms. The van der Waals surface area contributed by atoms with Crippen LogP contribution < -0.4 is 0 Å². The van der Waals surface area contributed by atoms with Crippen molar-refractivity contribution in [2.75, 3.05) is 6.61 Å². The summed E-state index contributed by atoms with van der Waals surface area (Å²) in [7, 11) is -4.02. The first-order chi connectivity index (χ1) is 10.5. The van der Waals surface area contributed by atoms with E-state index in [1.54, 1.807) is 0 Å². The van der Waals surface area contributed by atoms with Crippen LogP contribution >= 0.6 is 0 Å². The number of aliphatic hydroxyl groups is 2. The normalized spacial score (nSPS) is 30.0. The Hall–Kier alpha value is 0.234. The van der Waals surface area contributed by atoms with Crippen LogP contribution in [0.1, 0.15) is 41.5 Å². The van der Waals surface area contributed by atoms with Crippen molar-refractivity contribution in [2.24, 2.45) is 0 Å². The van der Waals surface area contributed by atoms with E-state index in [1.807, 2.05) is 0 Å². The van der Waals surface area contributed by atoms with Gasteiger partial charge in [-0.3, -0.25) is 0 Å². The highest BCUT2D eigenvalue weighted by molar-refractivity contribution is 6.74. The zero-order valence-electron chi connectivity index (χ0n) is 17.1. The van der Waals surface area contributed by atoms with Gasteiger partial charge < -0.3 is 23.8 Å². The number of hydrogen-bond donors (Lipinski definition) is 2. The summed E-state index contributed by atoms with van der Waals surface area (Å²) in [6.45, 7) is 22.0. The number of hydrogen-bond acceptors (Lipinski definition) is 5. The summed E-state index contributed by atoms with van der Waals surface area (Å²) in [5.41, 5.74) is 0. The van der Waals surface area contributed by atoms with Crippen molar-refractivity contribution >= 4 is 16.6 Å². The molecule has 0 aromatic rings. The molecule has 0 unspecified atom stereocenters. The number of aliphatic hydroxyl groups excluding tert-OH is 2. The maximum Gasteiger partial charge on any atom is 0.192 e. The molecule has 2 N–H and O–H groups in total. The van der Waals surface area contributed by atoms with Gasteiger partial charge in [0.25, 0.3) is 0 Å². The molecule has 4 atom stereocenters. The zero-order chi connectivity index (χ0) is 19.1. The summed E-state index contributed by atoms with van der Waals surface area (Å²) in [5, 5.41) is 20.4. The van der Waals surface area contributed by atoms with Gasteiger partial charge in [-0.15, -0.1) is 0 Å². The Bertz CT molecular complexity index is 426. The number of ether oxygens (including phenoxy) is 1. The first-order valence-electron chi connectivity index (χ1n) is 8.83. The predicted molar refractivity (Wildman–Crippen MR) is 102 cm³/mol. The lowest BCUT2D eigenvalue weighted by atomic mass is 10.1. The van der Waals surface area contributed by atoms with Crippen molar-refractivity contribution in [3.8, 4) is 0 Å². The third kappa shape index (κ3) is 4.90. The van der Waals surface area contributed by atoms with E-state index in [9.17, 15) is 10.2 Å². The Labute approximate surface area is 150 Å². The summed E-state index contributed by atoms with van der Waals surface area (Å²) in [5.74, 6) is 0. The van der Waals surface area contributed by atoms with Gasteiger partial charge in [-0.1, -0.05) is 41.5 Å². The summed E-state index contributed by atoms with van der Waals surface area (Å²) in [6.07, 6.45) is -3.25. The molecular weight excluding hydrogens is 340 g/mol. The van der Waals surface area contributed by atoms with Crippen LogP contribution in [0.4, 0.5) is 0 Å². The molecule has 1 aliphatic heterocycles. The Balaban J connectivity index is 2.86. The molecule has 24 heavy (non-hydrogen) atoms. The smallest absolute Gasteiger partial charge is 0.192 e. The van der Waals surface area contributed by atoms with Crippen LogP contribution in [0.5, 0.6) is 0 Å². The van der Waals surface area contributed by atoms with Gasteiger partial charge in [0.2, 0.25) is 0 Å². The Morgan fingerprint density at radius 2 is 1.33 bits per heavy atom. The van der Waals surface area contributed by atoms with Gasteiger partial charge in [0, 0.05) is 0 Å². The van der Waals surface area contributed by atoms with Crippen LogP contribution in [0, 0.1) is 0 Å². The van der Waals surface area contributed by atoms with E-state index in [1.165, 1.54) is 0 Å². The van der Waals surface area contributed by atoms with Crippen molar-refractivity contribution in [1.29, 1.82) is 0 Å². The van der Waals surface area contributed by atoms with E-state index in [0.29, 0.717) is 6.61 Å².